The van der Waals surface area contributed by atoms with Gasteiger partial charge in [0.1, 0.15) is 29.1 Å². The largest absolute Gasteiger partial charge is 0.497 e. The molecule has 0 aliphatic carbocycles. The molecule has 0 radical (unpaired) electrons. The smallest absolute Gasteiger partial charge is 0.257 e. The van der Waals surface area contributed by atoms with E-state index in [-0.39, 0.29) is 12.0 Å². The van der Waals surface area contributed by atoms with Gasteiger partial charge in [0.25, 0.3) is 5.91 Å². The minimum atomic E-state index is 0.0692. The van der Waals surface area contributed by atoms with E-state index in [1.807, 2.05) is 36.1 Å². The van der Waals surface area contributed by atoms with Crippen LogP contribution in [0.3, 0.4) is 0 Å². The summed E-state index contributed by atoms with van der Waals surface area (Å²) in [6.45, 7) is 8.97. The highest BCUT2D eigenvalue weighted by molar-refractivity contribution is 5.97. The van der Waals surface area contributed by atoms with Gasteiger partial charge < -0.3 is 23.7 Å². The van der Waals surface area contributed by atoms with Gasteiger partial charge in [0.15, 0.2) is 0 Å². The lowest BCUT2D eigenvalue weighted by atomic mass is 10.0. The number of carbonyl (C=O) groups is 1. The fourth-order valence-electron chi connectivity index (χ4n) is 4.66. The zero-order chi connectivity index (χ0) is 22.5. The summed E-state index contributed by atoms with van der Waals surface area (Å²) in [5.74, 6) is 3.92. The second-order valence-corrected chi connectivity index (χ2v) is 9.16. The second-order valence-electron chi connectivity index (χ2n) is 9.16. The molecule has 2 saturated heterocycles. The zero-order valence-corrected chi connectivity index (χ0v) is 19.6. The van der Waals surface area contributed by atoms with Gasteiger partial charge in [0.2, 0.25) is 0 Å². The van der Waals surface area contributed by atoms with Crippen LogP contribution in [0.4, 0.5) is 0 Å². The van der Waals surface area contributed by atoms with E-state index in [0.717, 1.165) is 82.1 Å². The lowest BCUT2D eigenvalue weighted by molar-refractivity contribution is 0.0766. The number of hydrogen-bond donors (Lipinski definition) is 0. The SMILES string of the molecule is COc1ccc(C(=O)N2CCCC2)c(OC2CCN(CC[C@@H](C)c3ccc(C)o3)CC2)c1. The normalized spacial score (nSPS) is 18.7. The van der Waals surface area contributed by atoms with Gasteiger partial charge in [-0.1, -0.05) is 6.92 Å². The number of nitrogens with zero attached hydrogens (tertiary/aromatic N) is 2. The number of rotatable bonds is 8. The average molecular weight is 441 g/mol. The summed E-state index contributed by atoms with van der Waals surface area (Å²) in [5.41, 5.74) is 0.651. The summed E-state index contributed by atoms with van der Waals surface area (Å²) >= 11 is 0. The van der Waals surface area contributed by atoms with E-state index >= 15 is 0 Å². The quantitative estimate of drug-likeness (QED) is 0.586. The van der Waals surface area contributed by atoms with Gasteiger partial charge in [-0.25, -0.2) is 0 Å². The molecule has 1 amide bonds. The molecule has 0 N–H and O–H groups in total. The summed E-state index contributed by atoms with van der Waals surface area (Å²) < 4.78 is 17.6. The van der Waals surface area contributed by atoms with Gasteiger partial charge in [-0.2, -0.15) is 0 Å². The minimum absolute atomic E-state index is 0.0692. The summed E-state index contributed by atoms with van der Waals surface area (Å²) in [7, 11) is 1.64. The van der Waals surface area contributed by atoms with Crippen molar-refractivity contribution < 1.29 is 18.7 Å². The van der Waals surface area contributed by atoms with Gasteiger partial charge in [-0.05, 0) is 69.8 Å². The fourth-order valence-corrected chi connectivity index (χ4v) is 4.66. The van der Waals surface area contributed by atoms with Gasteiger partial charge in [-0.15, -0.1) is 0 Å². The van der Waals surface area contributed by atoms with E-state index in [0.29, 0.717) is 17.2 Å². The highest BCUT2D eigenvalue weighted by Crippen LogP contribution is 2.30. The van der Waals surface area contributed by atoms with Crippen LogP contribution in [0.15, 0.2) is 34.7 Å². The van der Waals surface area contributed by atoms with Crippen molar-refractivity contribution in [2.75, 3.05) is 39.8 Å². The first kappa shape index (κ1) is 22.7. The summed E-state index contributed by atoms with van der Waals surface area (Å²) in [4.78, 5) is 17.5. The molecule has 1 atom stereocenters. The highest BCUT2D eigenvalue weighted by atomic mass is 16.5. The summed E-state index contributed by atoms with van der Waals surface area (Å²) in [6, 6.07) is 9.69. The first-order valence-electron chi connectivity index (χ1n) is 12.0. The Hall–Kier alpha value is -2.47. The fraction of sp³-hybridized carbons (Fsp3) is 0.577. The number of likely N-dealkylation sites (tertiary alicyclic amines) is 2. The van der Waals surface area contributed by atoms with Crippen LogP contribution in [-0.2, 0) is 0 Å². The molecule has 0 spiro atoms. The Kier molecular flexibility index (Phi) is 7.40. The molecule has 2 aromatic rings. The third-order valence-electron chi connectivity index (χ3n) is 6.77. The monoisotopic (exact) mass is 440 g/mol. The predicted octanol–water partition coefficient (Wildman–Crippen LogP) is 4.87. The molecular weight excluding hydrogens is 404 g/mol. The molecule has 6 nitrogen and oxygen atoms in total. The lowest BCUT2D eigenvalue weighted by Gasteiger charge is -2.33. The number of carbonyl (C=O) groups excluding carboxylic acids is 1. The van der Waals surface area contributed by atoms with E-state index in [9.17, 15) is 4.79 Å². The average Bonchev–Trinajstić information content (AvgIpc) is 3.50. The maximum atomic E-state index is 13.0. The number of methoxy groups -OCH3 is 1. The van der Waals surface area contributed by atoms with Crippen LogP contribution in [0, 0.1) is 6.92 Å². The van der Waals surface area contributed by atoms with E-state index in [2.05, 4.69) is 17.9 Å². The number of ether oxygens (including phenoxy) is 2. The Bertz CT molecular complexity index is 895. The van der Waals surface area contributed by atoms with E-state index in [4.69, 9.17) is 13.9 Å². The van der Waals surface area contributed by atoms with Crippen molar-refractivity contribution in [1.29, 1.82) is 0 Å². The first-order chi connectivity index (χ1) is 15.5. The Morgan fingerprint density at radius 1 is 1.12 bits per heavy atom. The van der Waals surface area contributed by atoms with Crippen LogP contribution in [-0.4, -0.2) is 61.6 Å². The van der Waals surface area contributed by atoms with Crippen molar-refractivity contribution in [1.82, 2.24) is 9.80 Å². The van der Waals surface area contributed by atoms with E-state index < -0.39 is 0 Å². The molecule has 0 saturated carbocycles. The topological polar surface area (TPSA) is 55.1 Å². The van der Waals surface area contributed by atoms with Crippen LogP contribution in [0.5, 0.6) is 11.5 Å². The first-order valence-corrected chi connectivity index (χ1v) is 12.0. The molecule has 4 rings (SSSR count). The van der Waals surface area contributed by atoms with Crippen LogP contribution in [0.2, 0.25) is 0 Å². The standard InChI is InChI=1S/C26H36N2O4/c1-19(24-9-6-20(2)31-24)10-15-27-16-11-21(12-17-27)32-25-18-22(30-3)7-8-23(25)26(29)28-13-4-5-14-28/h6-9,18-19,21H,4-5,10-17H2,1-3H3/t19-/m1/s1. The van der Waals surface area contributed by atoms with Crippen LogP contribution < -0.4 is 9.47 Å². The van der Waals surface area contributed by atoms with Gasteiger partial charge in [0, 0.05) is 38.2 Å². The number of piperidine rings is 1. The van der Waals surface area contributed by atoms with Crippen molar-refractivity contribution in [3.63, 3.8) is 0 Å². The molecule has 2 aliphatic heterocycles. The maximum Gasteiger partial charge on any atom is 0.257 e. The minimum Gasteiger partial charge on any atom is -0.497 e. The van der Waals surface area contributed by atoms with Crippen molar-refractivity contribution in [2.45, 2.75) is 58.0 Å². The molecule has 1 aromatic heterocycles. The predicted molar refractivity (Wildman–Crippen MR) is 125 cm³/mol. The lowest BCUT2D eigenvalue weighted by Crippen LogP contribution is -2.39. The zero-order valence-electron chi connectivity index (χ0n) is 19.6. The highest BCUT2D eigenvalue weighted by Gasteiger charge is 2.26. The molecule has 6 heteroatoms. The number of hydrogen-bond acceptors (Lipinski definition) is 5. The van der Waals surface area contributed by atoms with Crippen LogP contribution in [0.25, 0.3) is 0 Å². The van der Waals surface area contributed by atoms with Crippen molar-refractivity contribution >= 4 is 5.91 Å². The van der Waals surface area contributed by atoms with E-state index in [1.165, 1.54) is 0 Å². The maximum absolute atomic E-state index is 13.0. The number of furan rings is 1. The third-order valence-corrected chi connectivity index (χ3v) is 6.77. The van der Waals surface area contributed by atoms with Gasteiger partial charge in [0.05, 0.1) is 12.7 Å². The van der Waals surface area contributed by atoms with Crippen molar-refractivity contribution in [3.8, 4) is 11.5 Å². The third kappa shape index (κ3) is 5.47. The van der Waals surface area contributed by atoms with Gasteiger partial charge in [-0.3, -0.25) is 4.79 Å². The number of benzene rings is 1. The number of aryl methyl sites for hydroxylation is 1. The molecule has 174 valence electrons. The molecule has 0 unspecified atom stereocenters. The summed E-state index contributed by atoms with van der Waals surface area (Å²) in [5, 5.41) is 0. The second kappa shape index (κ2) is 10.4. The molecule has 0 bridgehead atoms. The molecule has 2 aliphatic rings. The van der Waals surface area contributed by atoms with E-state index in [1.54, 1.807) is 7.11 Å². The van der Waals surface area contributed by atoms with Crippen LogP contribution >= 0.6 is 0 Å². The van der Waals surface area contributed by atoms with Crippen molar-refractivity contribution in [2.24, 2.45) is 0 Å². The molecular formula is C26H36N2O4. The molecule has 32 heavy (non-hydrogen) atoms. The summed E-state index contributed by atoms with van der Waals surface area (Å²) in [6.07, 6.45) is 5.28. The van der Waals surface area contributed by atoms with Crippen LogP contribution in [0.1, 0.15) is 66.8 Å². The molecule has 3 heterocycles. The number of amides is 1. The van der Waals surface area contributed by atoms with Crippen molar-refractivity contribution in [3.05, 3.63) is 47.4 Å². The molecule has 2 fully saturated rings. The van der Waals surface area contributed by atoms with Gasteiger partial charge >= 0.3 is 0 Å². The Morgan fingerprint density at radius 2 is 1.88 bits per heavy atom. The molecule has 1 aromatic carbocycles. The Labute approximate surface area is 191 Å². The Morgan fingerprint density at radius 3 is 2.53 bits per heavy atom. The Balaban J connectivity index is 1.32.